The van der Waals surface area contributed by atoms with Crippen molar-refractivity contribution >= 4 is 6.09 Å². The molecule has 0 saturated carbocycles. The van der Waals surface area contributed by atoms with Gasteiger partial charge in [0.25, 0.3) is 0 Å². The maximum atomic E-state index is 11.2. The minimum atomic E-state index is -0.226. The first kappa shape index (κ1) is 10.3. The van der Waals surface area contributed by atoms with Gasteiger partial charge in [0.1, 0.15) is 6.61 Å². The first-order chi connectivity index (χ1) is 6.24. The molecule has 1 amide bonds. The Morgan fingerprint density at radius 1 is 1.69 bits per heavy atom. The molecular weight excluding hydrogens is 168 g/mol. The van der Waals surface area contributed by atoms with E-state index in [0.29, 0.717) is 19.2 Å². The quantitative estimate of drug-likeness (QED) is 0.709. The Hall–Kier alpha value is -0.770. The van der Waals surface area contributed by atoms with E-state index in [9.17, 15) is 4.79 Å². The molecular formula is C9H18N2O2. The van der Waals surface area contributed by atoms with Crippen LogP contribution >= 0.6 is 0 Å². The lowest BCUT2D eigenvalue weighted by atomic mass is 10.2. The summed E-state index contributed by atoms with van der Waals surface area (Å²) in [6.45, 7) is 4.17. The maximum Gasteiger partial charge on any atom is 0.409 e. The van der Waals surface area contributed by atoms with Gasteiger partial charge in [-0.05, 0) is 26.3 Å². The molecule has 1 N–H and O–H groups in total. The lowest BCUT2D eigenvalue weighted by Crippen LogP contribution is -2.33. The molecule has 0 aromatic heterocycles. The van der Waals surface area contributed by atoms with Gasteiger partial charge >= 0.3 is 6.09 Å². The number of nitrogens with one attached hydrogen (secondary N) is 1. The highest BCUT2D eigenvalue weighted by molar-refractivity contribution is 5.67. The van der Waals surface area contributed by atoms with Crippen LogP contribution in [0.1, 0.15) is 19.8 Å². The lowest BCUT2D eigenvalue weighted by Gasteiger charge is -2.16. The van der Waals surface area contributed by atoms with Crippen molar-refractivity contribution in [1.82, 2.24) is 10.2 Å². The van der Waals surface area contributed by atoms with Crippen molar-refractivity contribution in [2.75, 3.05) is 26.7 Å². The summed E-state index contributed by atoms with van der Waals surface area (Å²) in [5.74, 6) is 0. The van der Waals surface area contributed by atoms with Crippen LogP contribution in [-0.2, 0) is 4.74 Å². The summed E-state index contributed by atoms with van der Waals surface area (Å²) < 4.78 is 5.10. The van der Waals surface area contributed by atoms with E-state index in [-0.39, 0.29) is 6.09 Å². The summed E-state index contributed by atoms with van der Waals surface area (Å²) in [6.07, 6.45) is 2.07. The van der Waals surface area contributed by atoms with Gasteiger partial charge in [-0.25, -0.2) is 4.79 Å². The van der Waals surface area contributed by atoms with Crippen molar-refractivity contribution in [3.63, 3.8) is 0 Å². The molecule has 0 bridgehead atoms. The van der Waals surface area contributed by atoms with E-state index in [4.69, 9.17) is 4.74 Å². The molecule has 1 aliphatic rings. The van der Waals surface area contributed by atoms with Gasteiger partial charge in [0, 0.05) is 19.6 Å². The fourth-order valence-electron chi connectivity index (χ4n) is 1.31. The average molecular weight is 186 g/mol. The predicted octanol–water partition coefficient (Wildman–Crippen LogP) is 0.827. The number of carbonyl (C=O) groups excluding carboxylic acids is 1. The molecule has 1 atom stereocenters. The number of carbonyl (C=O) groups is 1. The SMILES string of the molecule is CCN(C)C(=O)OCC1CCCN1. The van der Waals surface area contributed by atoms with Crippen LogP contribution < -0.4 is 5.32 Å². The van der Waals surface area contributed by atoms with Crippen molar-refractivity contribution in [3.8, 4) is 0 Å². The third-order valence-corrected chi connectivity index (χ3v) is 2.36. The molecule has 0 spiro atoms. The van der Waals surface area contributed by atoms with E-state index < -0.39 is 0 Å². The highest BCUT2D eigenvalue weighted by atomic mass is 16.6. The van der Waals surface area contributed by atoms with E-state index in [0.717, 1.165) is 13.0 Å². The summed E-state index contributed by atoms with van der Waals surface area (Å²) in [5.41, 5.74) is 0. The first-order valence-electron chi connectivity index (χ1n) is 4.85. The van der Waals surface area contributed by atoms with Crippen LogP contribution in [0.4, 0.5) is 4.79 Å². The van der Waals surface area contributed by atoms with E-state index in [1.807, 2.05) is 6.92 Å². The van der Waals surface area contributed by atoms with Crippen LogP contribution in [0.2, 0.25) is 0 Å². The van der Waals surface area contributed by atoms with Crippen LogP contribution in [0.3, 0.4) is 0 Å². The zero-order chi connectivity index (χ0) is 9.68. The Labute approximate surface area is 79.2 Å². The van der Waals surface area contributed by atoms with Crippen molar-refractivity contribution in [2.24, 2.45) is 0 Å². The normalized spacial score (nSPS) is 21.5. The molecule has 0 aromatic carbocycles. The zero-order valence-electron chi connectivity index (χ0n) is 8.38. The van der Waals surface area contributed by atoms with Gasteiger partial charge in [-0.2, -0.15) is 0 Å². The molecule has 13 heavy (non-hydrogen) atoms. The van der Waals surface area contributed by atoms with Crippen LogP contribution in [0, 0.1) is 0 Å². The number of nitrogens with zero attached hydrogens (tertiary/aromatic N) is 1. The molecule has 1 unspecified atom stereocenters. The smallest absolute Gasteiger partial charge is 0.409 e. The van der Waals surface area contributed by atoms with Crippen LogP contribution in [0.25, 0.3) is 0 Å². The number of ether oxygens (including phenoxy) is 1. The zero-order valence-corrected chi connectivity index (χ0v) is 8.38. The van der Waals surface area contributed by atoms with Gasteiger partial charge < -0.3 is 15.0 Å². The Morgan fingerprint density at radius 3 is 3.00 bits per heavy atom. The van der Waals surface area contributed by atoms with Gasteiger partial charge in [0.15, 0.2) is 0 Å². The van der Waals surface area contributed by atoms with Crippen LogP contribution in [0.5, 0.6) is 0 Å². The van der Waals surface area contributed by atoms with Gasteiger partial charge in [-0.1, -0.05) is 0 Å². The molecule has 0 aromatic rings. The summed E-state index contributed by atoms with van der Waals surface area (Å²) in [5, 5.41) is 3.27. The highest BCUT2D eigenvalue weighted by Gasteiger charge is 2.16. The van der Waals surface area contributed by atoms with E-state index in [1.165, 1.54) is 6.42 Å². The van der Waals surface area contributed by atoms with Crippen molar-refractivity contribution < 1.29 is 9.53 Å². The third kappa shape index (κ3) is 3.22. The minimum Gasteiger partial charge on any atom is -0.448 e. The van der Waals surface area contributed by atoms with E-state index >= 15 is 0 Å². The van der Waals surface area contributed by atoms with Gasteiger partial charge in [0.2, 0.25) is 0 Å². The summed E-state index contributed by atoms with van der Waals surface area (Å²) in [6, 6.07) is 0.370. The van der Waals surface area contributed by atoms with Gasteiger partial charge in [-0.3, -0.25) is 0 Å². The van der Waals surface area contributed by atoms with Gasteiger partial charge in [-0.15, -0.1) is 0 Å². The second-order valence-electron chi connectivity index (χ2n) is 3.38. The Bertz CT molecular complexity index is 167. The topological polar surface area (TPSA) is 41.6 Å². The molecule has 1 fully saturated rings. The first-order valence-corrected chi connectivity index (χ1v) is 4.85. The van der Waals surface area contributed by atoms with Crippen molar-refractivity contribution in [1.29, 1.82) is 0 Å². The Morgan fingerprint density at radius 2 is 2.46 bits per heavy atom. The average Bonchev–Trinajstić information content (AvgIpc) is 2.65. The predicted molar refractivity (Wildman–Crippen MR) is 50.7 cm³/mol. The molecule has 1 aliphatic heterocycles. The minimum absolute atomic E-state index is 0.226. The molecule has 0 aliphatic carbocycles. The van der Waals surface area contributed by atoms with Crippen molar-refractivity contribution in [2.45, 2.75) is 25.8 Å². The van der Waals surface area contributed by atoms with Crippen molar-refractivity contribution in [3.05, 3.63) is 0 Å². The third-order valence-electron chi connectivity index (χ3n) is 2.36. The van der Waals surface area contributed by atoms with Crippen LogP contribution in [0.15, 0.2) is 0 Å². The number of rotatable bonds is 3. The van der Waals surface area contributed by atoms with E-state index in [1.54, 1.807) is 11.9 Å². The summed E-state index contributed by atoms with van der Waals surface area (Å²) >= 11 is 0. The van der Waals surface area contributed by atoms with E-state index in [2.05, 4.69) is 5.32 Å². The highest BCUT2D eigenvalue weighted by Crippen LogP contribution is 2.05. The largest absolute Gasteiger partial charge is 0.448 e. The van der Waals surface area contributed by atoms with Gasteiger partial charge in [0.05, 0.1) is 0 Å². The summed E-state index contributed by atoms with van der Waals surface area (Å²) in [4.78, 5) is 12.8. The lowest BCUT2D eigenvalue weighted by molar-refractivity contribution is 0.105. The Balaban J connectivity index is 2.13. The maximum absolute atomic E-state index is 11.2. The fraction of sp³-hybridized carbons (Fsp3) is 0.889. The second kappa shape index (κ2) is 5.07. The number of amides is 1. The fourth-order valence-corrected chi connectivity index (χ4v) is 1.31. The molecule has 1 saturated heterocycles. The molecule has 4 heteroatoms. The Kier molecular flexibility index (Phi) is 4.02. The van der Waals surface area contributed by atoms with Crippen LogP contribution in [-0.4, -0.2) is 43.8 Å². The second-order valence-corrected chi connectivity index (χ2v) is 3.38. The molecule has 1 heterocycles. The standard InChI is InChI=1S/C9H18N2O2/c1-3-11(2)9(12)13-7-8-5-4-6-10-8/h8,10H,3-7H2,1-2H3. The number of hydrogen-bond acceptors (Lipinski definition) is 3. The molecule has 4 nitrogen and oxygen atoms in total. The monoisotopic (exact) mass is 186 g/mol. The molecule has 0 radical (unpaired) electrons. The summed E-state index contributed by atoms with van der Waals surface area (Å²) in [7, 11) is 1.74. The molecule has 1 rings (SSSR count). The molecule has 76 valence electrons. The number of hydrogen-bond donors (Lipinski definition) is 1.